The van der Waals surface area contributed by atoms with Crippen LogP contribution in [-0.2, 0) is 17.8 Å². The summed E-state index contributed by atoms with van der Waals surface area (Å²) < 4.78 is 7.30. The first-order valence-electron chi connectivity index (χ1n) is 10.4. The van der Waals surface area contributed by atoms with Gasteiger partial charge in [-0.1, -0.05) is 6.07 Å². The predicted octanol–water partition coefficient (Wildman–Crippen LogP) is 4.30. The van der Waals surface area contributed by atoms with Gasteiger partial charge in [-0.2, -0.15) is 0 Å². The molecule has 0 N–H and O–H groups in total. The van der Waals surface area contributed by atoms with Crippen LogP contribution in [0.1, 0.15) is 23.7 Å². The van der Waals surface area contributed by atoms with Gasteiger partial charge in [0.05, 0.1) is 24.9 Å². The third-order valence-electron chi connectivity index (χ3n) is 5.39. The topological polar surface area (TPSA) is 59.7 Å². The number of hydrogen-bond donors (Lipinski definition) is 0. The number of aryl methyl sites for hydroxylation is 1. The maximum absolute atomic E-state index is 13.3. The Morgan fingerprint density at radius 1 is 1.16 bits per heavy atom. The number of benzene rings is 1. The summed E-state index contributed by atoms with van der Waals surface area (Å²) in [7, 11) is 1.65. The molecule has 0 aliphatic heterocycles. The summed E-state index contributed by atoms with van der Waals surface area (Å²) in [6.07, 6.45) is 5.79. The molecule has 4 aromatic rings. The van der Waals surface area contributed by atoms with E-state index in [-0.39, 0.29) is 12.3 Å². The largest absolute Gasteiger partial charge is 0.497 e. The number of pyridine rings is 2. The van der Waals surface area contributed by atoms with Crippen molar-refractivity contribution in [2.75, 3.05) is 13.7 Å². The van der Waals surface area contributed by atoms with Gasteiger partial charge in [0.2, 0.25) is 5.91 Å². The first kappa shape index (κ1) is 20.6. The van der Waals surface area contributed by atoms with Crippen molar-refractivity contribution in [3.63, 3.8) is 0 Å². The van der Waals surface area contributed by atoms with Crippen molar-refractivity contribution in [1.29, 1.82) is 0 Å². The Balaban J connectivity index is 1.70. The molecule has 0 unspecified atom stereocenters. The van der Waals surface area contributed by atoms with Crippen LogP contribution >= 0.6 is 0 Å². The lowest BCUT2D eigenvalue weighted by Crippen LogP contribution is -2.32. The fraction of sp³-hybridized carbons (Fsp3) is 0.240. The minimum absolute atomic E-state index is 0.0588. The molecule has 6 heteroatoms. The summed E-state index contributed by atoms with van der Waals surface area (Å²) in [5.74, 6) is 0.845. The van der Waals surface area contributed by atoms with Gasteiger partial charge >= 0.3 is 0 Å². The standard InChI is InChI=1S/C25H26N4O2/c1-4-28(17-19-6-5-12-26-16-19)24(30)15-22-25(20-7-9-21(31-3)10-8-20)27-23-14-18(2)11-13-29(22)23/h5-14,16H,4,15,17H2,1-3H3. The molecule has 6 nitrogen and oxygen atoms in total. The lowest BCUT2D eigenvalue weighted by molar-refractivity contribution is -0.130. The average molecular weight is 415 g/mol. The average Bonchev–Trinajstić information content (AvgIpc) is 3.15. The molecule has 3 heterocycles. The number of rotatable bonds is 7. The van der Waals surface area contributed by atoms with Crippen molar-refractivity contribution in [2.24, 2.45) is 0 Å². The Labute approximate surface area is 182 Å². The van der Waals surface area contributed by atoms with E-state index in [4.69, 9.17) is 9.72 Å². The monoisotopic (exact) mass is 414 g/mol. The molecule has 0 fully saturated rings. The van der Waals surface area contributed by atoms with E-state index in [1.54, 1.807) is 19.5 Å². The number of hydrogen-bond acceptors (Lipinski definition) is 4. The highest BCUT2D eigenvalue weighted by Gasteiger charge is 2.20. The van der Waals surface area contributed by atoms with Crippen LogP contribution in [-0.4, -0.2) is 38.8 Å². The number of carbonyl (C=O) groups is 1. The summed E-state index contributed by atoms with van der Waals surface area (Å²) in [5, 5.41) is 0. The third-order valence-corrected chi connectivity index (χ3v) is 5.39. The molecule has 0 bridgehead atoms. The number of fused-ring (bicyclic) bond motifs is 1. The minimum Gasteiger partial charge on any atom is -0.497 e. The smallest absolute Gasteiger partial charge is 0.228 e. The van der Waals surface area contributed by atoms with Crippen LogP contribution in [0.15, 0.2) is 67.1 Å². The summed E-state index contributed by atoms with van der Waals surface area (Å²) in [4.78, 5) is 24.2. The van der Waals surface area contributed by atoms with E-state index >= 15 is 0 Å². The van der Waals surface area contributed by atoms with Gasteiger partial charge in [-0.15, -0.1) is 0 Å². The molecule has 0 spiro atoms. The molecule has 0 aliphatic rings. The highest BCUT2D eigenvalue weighted by Crippen LogP contribution is 2.27. The van der Waals surface area contributed by atoms with Crippen molar-refractivity contribution >= 4 is 11.6 Å². The van der Waals surface area contributed by atoms with E-state index in [9.17, 15) is 4.79 Å². The second-order valence-electron chi connectivity index (χ2n) is 7.51. The molecule has 1 aromatic carbocycles. The third kappa shape index (κ3) is 4.43. The normalized spacial score (nSPS) is 10.9. The zero-order valence-electron chi connectivity index (χ0n) is 18.1. The molecule has 0 saturated heterocycles. The van der Waals surface area contributed by atoms with Crippen LogP contribution in [0, 0.1) is 6.92 Å². The number of carbonyl (C=O) groups excluding carboxylic acids is 1. The molecule has 31 heavy (non-hydrogen) atoms. The molecule has 3 aromatic heterocycles. The van der Waals surface area contributed by atoms with Crippen molar-refractivity contribution in [2.45, 2.75) is 26.8 Å². The highest BCUT2D eigenvalue weighted by molar-refractivity contribution is 5.81. The predicted molar refractivity (Wildman–Crippen MR) is 121 cm³/mol. The van der Waals surface area contributed by atoms with Gasteiger partial charge < -0.3 is 14.0 Å². The van der Waals surface area contributed by atoms with Crippen LogP contribution < -0.4 is 4.74 Å². The van der Waals surface area contributed by atoms with Gasteiger partial charge in [-0.25, -0.2) is 4.98 Å². The summed E-state index contributed by atoms with van der Waals surface area (Å²) in [6.45, 7) is 5.20. The number of ether oxygens (including phenoxy) is 1. The molecule has 0 saturated carbocycles. The Morgan fingerprint density at radius 3 is 2.65 bits per heavy atom. The van der Waals surface area contributed by atoms with Gasteiger partial charge in [-0.05, 0) is 67.4 Å². The van der Waals surface area contributed by atoms with E-state index in [0.717, 1.165) is 39.5 Å². The Bertz CT molecular complexity index is 1180. The zero-order chi connectivity index (χ0) is 21.8. The SMILES string of the molecule is CCN(Cc1cccnc1)C(=O)Cc1c(-c2ccc(OC)cc2)nc2cc(C)ccn12. The number of nitrogens with zero attached hydrogens (tertiary/aromatic N) is 4. The van der Waals surface area contributed by atoms with E-state index in [1.807, 2.05) is 77.9 Å². The van der Waals surface area contributed by atoms with Gasteiger partial charge in [0.15, 0.2) is 0 Å². The van der Waals surface area contributed by atoms with E-state index < -0.39 is 0 Å². The fourth-order valence-electron chi connectivity index (χ4n) is 3.69. The van der Waals surface area contributed by atoms with Crippen molar-refractivity contribution < 1.29 is 9.53 Å². The maximum atomic E-state index is 13.3. The fourth-order valence-corrected chi connectivity index (χ4v) is 3.69. The quantitative estimate of drug-likeness (QED) is 0.452. The van der Waals surface area contributed by atoms with E-state index in [2.05, 4.69) is 4.98 Å². The highest BCUT2D eigenvalue weighted by atomic mass is 16.5. The minimum atomic E-state index is 0.0588. The molecule has 0 atom stereocenters. The molecular formula is C25H26N4O2. The molecule has 0 radical (unpaired) electrons. The maximum Gasteiger partial charge on any atom is 0.228 e. The summed E-state index contributed by atoms with van der Waals surface area (Å²) in [5.41, 5.74) is 5.64. The first-order chi connectivity index (χ1) is 15.1. The summed E-state index contributed by atoms with van der Waals surface area (Å²) in [6, 6.07) is 15.7. The lowest BCUT2D eigenvalue weighted by atomic mass is 10.1. The molecule has 158 valence electrons. The second kappa shape index (κ2) is 9.00. The van der Waals surface area contributed by atoms with Crippen LogP contribution in [0.4, 0.5) is 0 Å². The number of likely N-dealkylation sites (N-methyl/N-ethyl adjacent to an activating group) is 1. The van der Waals surface area contributed by atoms with Crippen LogP contribution in [0.25, 0.3) is 16.9 Å². The Hall–Kier alpha value is -3.67. The van der Waals surface area contributed by atoms with E-state index in [1.165, 1.54) is 0 Å². The van der Waals surface area contributed by atoms with Crippen molar-refractivity contribution in [3.8, 4) is 17.0 Å². The number of aromatic nitrogens is 3. The number of methoxy groups -OCH3 is 1. The zero-order valence-corrected chi connectivity index (χ0v) is 18.1. The first-order valence-corrected chi connectivity index (χ1v) is 10.4. The molecular weight excluding hydrogens is 388 g/mol. The Kier molecular flexibility index (Phi) is 5.98. The van der Waals surface area contributed by atoms with Gasteiger partial charge in [0.1, 0.15) is 11.4 Å². The molecule has 1 amide bonds. The van der Waals surface area contributed by atoms with Gasteiger partial charge in [0, 0.05) is 37.2 Å². The lowest BCUT2D eigenvalue weighted by Gasteiger charge is -2.21. The van der Waals surface area contributed by atoms with Crippen molar-refractivity contribution in [3.05, 3.63) is 83.9 Å². The van der Waals surface area contributed by atoms with E-state index in [0.29, 0.717) is 13.1 Å². The van der Waals surface area contributed by atoms with Gasteiger partial charge in [-0.3, -0.25) is 9.78 Å². The van der Waals surface area contributed by atoms with Crippen LogP contribution in [0.3, 0.4) is 0 Å². The number of amides is 1. The van der Waals surface area contributed by atoms with Gasteiger partial charge in [0.25, 0.3) is 0 Å². The molecule has 4 rings (SSSR count). The number of imidazole rings is 1. The van der Waals surface area contributed by atoms with Crippen molar-refractivity contribution in [1.82, 2.24) is 19.3 Å². The summed E-state index contributed by atoms with van der Waals surface area (Å²) >= 11 is 0. The van der Waals surface area contributed by atoms with Crippen LogP contribution in [0.2, 0.25) is 0 Å². The van der Waals surface area contributed by atoms with Crippen LogP contribution in [0.5, 0.6) is 5.75 Å². The Morgan fingerprint density at radius 2 is 1.97 bits per heavy atom. The molecule has 0 aliphatic carbocycles. The second-order valence-corrected chi connectivity index (χ2v) is 7.51.